The zero-order valence-electron chi connectivity index (χ0n) is 17.5. The molecule has 7 heteroatoms. The highest BCUT2D eigenvalue weighted by molar-refractivity contribution is 6.30. The predicted molar refractivity (Wildman–Crippen MR) is 119 cm³/mol. The number of likely N-dealkylation sites (tertiary alicyclic amines) is 2. The standard InChI is InChI=1S/C22H31ClN4O2/c1-4-17(2)9-10-24-16-25-12-22(13-25)14-26(15-22)21(29)27(18(3)11-28)20-7-5-19(23)6-8-20/h4-8,16,18,28H,9-15H2,1-3H3/b17-4-,24-16?. The Morgan fingerprint density at radius 3 is 2.55 bits per heavy atom. The van der Waals surface area contributed by atoms with E-state index in [2.05, 4.69) is 29.8 Å². The van der Waals surface area contributed by atoms with Crippen LogP contribution in [0.5, 0.6) is 0 Å². The number of carbonyl (C=O) groups excluding carboxylic acids is 1. The molecule has 2 aliphatic heterocycles. The molecule has 158 valence electrons. The summed E-state index contributed by atoms with van der Waals surface area (Å²) in [6.07, 6.45) is 5.07. The number of amides is 2. The van der Waals surface area contributed by atoms with Crippen molar-refractivity contribution in [3.8, 4) is 0 Å². The van der Waals surface area contributed by atoms with Crippen LogP contribution in [0.3, 0.4) is 0 Å². The molecule has 1 spiro atoms. The van der Waals surface area contributed by atoms with Crippen molar-refractivity contribution >= 4 is 29.7 Å². The number of anilines is 1. The first-order valence-corrected chi connectivity index (χ1v) is 10.6. The molecule has 1 unspecified atom stereocenters. The van der Waals surface area contributed by atoms with E-state index in [-0.39, 0.29) is 24.1 Å². The van der Waals surface area contributed by atoms with Crippen LogP contribution in [0, 0.1) is 5.41 Å². The predicted octanol–water partition coefficient (Wildman–Crippen LogP) is 3.65. The Balaban J connectivity index is 1.51. The molecule has 3 rings (SSSR count). The first kappa shape index (κ1) is 21.7. The van der Waals surface area contributed by atoms with E-state index in [0.29, 0.717) is 5.02 Å². The molecule has 1 atom stereocenters. The number of allylic oxidation sites excluding steroid dienone is 1. The third kappa shape index (κ3) is 4.93. The molecular weight excluding hydrogens is 388 g/mol. The van der Waals surface area contributed by atoms with Gasteiger partial charge in [0, 0.05) is 48.8 Å². The fourth-order valence-electron chi connectivity index (χ4n) is 3.94. The van der Waals surface area contributed by atoms with E-state index in [9.17, 15) is 9.90 Å². The summed E-state index contributed by atoms with van der Waals surface area (Å²) in [5.74, 6) is 0. The van der Waals surface area contributed by atoms with Crippen LogP contribution in [0.15, 0.2) is 40.9 Å². The van der Waals surface area contributed by atoms with Gasteiger partial charge in [-0.25, -0.2) is 4.79 Å². The van der Waals surface area contributed by atoms with Gasteiger partial charge in [-0.05, 0) is 51.5 Å². The van der Waals surface area contributed by atoms with Gasteiger partial charge < -0.3 is 14.9 Å². The van der Waals surface area contributed by atoms with Crippen molar-refractivity contribution in [1.82, 2.24) is 9.80 Å². The van der Waals surface area contributed by atoms with Crippen molar-refractivity contribution in [1.29, 1.82) is 0 Å². The van der Waals surface area contributed by atoms with Crippen LogP contribution in [-0.4, -0.2) is 72.6 Å². The van der Waals surface area contributed by atoms with Crippen molar-refractivity contribution in [2.45, 2.75) is 33.2 Å². The normalized spacial score (nSPS) is 19.3. The van der Waals surface area contributed by atoms with Gasteiger partial charge in [0.25, 0.3) is 0 Å². The number of aliphatic imine (C=N–C) groups is 1. The summed E-state index contributed by atoms with van der Waals surface area (Å²) in [6.45, 7) is 10.1. The number of carbonyl (C=O) groups is 1. The average Bonchev–Trinajstić information content (AvgIpc) is 2.65. The lowest BCUT2D eigenvalue weighted by molar-refractivity contribution is -0.0602. The summed E-state index contributed by atoms with van der Waals surface area (Å²) in [5, 5.41) is 10.2. The van der Waals surface area contributed by atoms with Crippen molar-refractivity contribution < 1.29 is 9.90 Å². The summed E-state index contributed by atoms with van der Waals surface area (Å²) >= 11 is 5.97. The Morgan fingerprint density at radius 2 is 1.97 bits per heavy atom. The van der Waals surface area contributed by atoms with E-state index in [1.807, 2.05) is 30.3 Å². The molecule has 1 aromatic rings. The summed E-state index contributed by atoms with van der Waals surface area (Å²) < 4.78 is 0. The molecule has 29 heavy (non-hydrogen) atoms. The molecule has 2 saturated heterocycles. The fraction of sp³-hybridized carbons (Fsp3) is 0.545. The average molecular weight is 419 g/mol. The minimum atomic E-state index is -0.300. The molecule has 2 heterocycles. The Kier molecular flexibility index (Phi) is 6.85. The molecule has 0 bridgehead atoms. The highest BCUT2D eigenvalue weighted by Crippen LogP contribution is 2.40. The highest BCUT2D eigenvalue weighted by Gasteiger charge is 2.53. The molecule has 0 saturated carbocycles. The Morgan fingerprint density at radius 1 is 1.31 bits per heavy atom. The van der Waals surface area contributed by atoms with Gasteiger partial charge >= 0.3 is 6.03 Å². The van der Waals surface area contributed by atoms with Crippen LogP contribution in [-0.2, 0) is 0 Å². The van der Waals surface area contributed by atoms with Gasteiger partial charge in [0.15, 0.2) is 0 Å². The van der Waals surface area contributed by atoms with Crippen LogP contribution < -0.4 is 4.90 Å². The van der Waals surface area contributed by atoms with Gasteiger partial charge in [-0.3, -0.25) is 9.89 Å². The Hall–Kier alpha value is -2.05. The number of hydrogen-bond donors (Lipinski definition) is 1. The van der Waals surface area contributed by atoms with Gasteiger partial charge in [-0.2, -0.15) is 0 Å². The van der Waals surface area contributed by atoms with E-state index in [0.717, 1.165) is 44.8 Å². The van der Waals surface area contributed by atoms with Crippen LogP contribution in [0.1, 0.15) is 27.2 Å². The third-order valence-electron chi connectivity index (χ3n) is 5.79. The smallest absolute Gasteiger partial charge is 0.324 e. The maximum atomic E-state index is 13.1. The van der Waals surface area contributed by atoms with E-state index < -0.39 is 0 Å². The van der Waals surface area contributed by atoms with Crippen LogP contribution in [0.25, 0.3) is 0 Å². The number of halogens is 1. The molecule has 2 amide bonds. The first-order valence-electron chi connectivity index (χ1n) is 10.2. The SMILES string of the molecule is C/C=C(/C)CCN=CN1CC2(C1)CN(C(=O)N(c1ccc(Cl)cc1)C(C)CO)C2. The summed E-state index contributed by atoms with van der Waals surface area (Å²) in [5.41, 5.74) is 2.30. The Labute approximate surface area is 178 Å². The molecule has 1 N–H and O–H groups in total. The van der Waals surface area contributed by atoms with Gasteiger partial charge in [0.05, 0.1) is 19.0 Å². The van der Waals surface area contributed by atoms with E-state index >= 15 is 0 Å². The second-order valence-electron chi connectivity index (χ2n) is 8.33. The number of aliphatic hydroxyl groups excluding tert-OH is 1. The van der Waals surface area contributed by atoms with Crippen molar-refractivity contribution in [2.24, 2.45) is 10.4 Å². The summed E-state index contributed by atoms with van der Waals surface area (Å²) in [4.78, 5) is 23.3. The third-order valence-corrected chi connectivity index (χ3v) is 6.04. The molecule has 2 aliphatic rings. The topological polar surface area (TPSA) is 59.4 Å². The fourth-order valence-corrected chi connectivity index (χ4v) is 4.07. The van der Waals surface area contributed by atoms with Crippen molar-refractivity contribution in [3.63, 3.8) is 0 Å². The van der Waals surface area contributed by atoms with Crippen molar-refractivity contribution in [3.05, 3.63) is 40.9 Å². The molecule has 0 aliphatic carbocycles. The van der Waals surface area contributed by atoms with Crippen LogP contribution in [0.4, 0.5) is 10.5 Å². The van der Waals surface area contributed by atoms with E-state index in [4.69, 9.17) is 11.6 Å². The minimum Gasteiger partial charge on any atom is -0.394 e. The van der Waals surface area contributed by atoms with Gasteiger partial charge in [0.1, 0.15) is 0 Å². The molecule has 0 aromatic heterocycles. The number of rotatable bonds is 7. The van der Waals surface area contributed by atoms with E-state index in [1.54, 1.807) is 17.0 Å². The molecule has 6 nitrogen and oxygen atoms in total. The quantitative estimate of drug-likeness (QED) is 0.417. The second kappa shape index (κ2) is 9.18. The van der Waals surface area contributed by atoms with Crippen LogP contribution >= 0.6 is 11.6 Å². The molecule has 0 radical (unpaired) electrons. The molecule has 2 fully saturated rings. The lowest BCUT2D eigenvalue weighted by atomic mass is 9.73. The van der Waals surface area contributed by atoms with Gasteiger partial charge in [-0.1, -0.05) is 23.3 Å². The lowest BCUT2D eigenvalue weighted by Crippen LogP contribution is -2.74. The zero-order valence-corrected chi connectivity index (χ0v) is 18.3. The highest BCUT2D eigenvalue weighted by atomic mass is 35.5. The monoisotopic (exact) mass is 418 g/mol. The van der Waals surface area contributed by atoms with E-state index in [1.165, 1.54) is 5.57 Å². The zero-order chi connectivity index (χ0) is 21.0. The molecule has 1 aromatic carbocycles. The number of urea groups is 1. The number of nitrogens with zero attached hydrogens (tertiary/aromatic N) is 4. The number of benzene rings is 1. The Bertz CT molecular complexity index is 764. The van der Waals surface area contributed by atoms with Crippen LogP contribution in [0.2, 0.25) is 5.02 Å². The van der Waals surface area contributed by atoms with Gasteiger partial charge in [-0.15, -0.1) is 0 Å². The maximum absolute atomic E-state index is 13.1. The summed E-state index contributed by atoms with van der Waals surface area (Å²) in [7, 11) is 0. The molecular formula is C22H31ClN4O2. The summed E-state index contributed by atoms with van der Waals surface area (Å²) in [6, 6.07) is 6.80. The largest absolute Gasteiger partial charge is 0.394 e. The second-order valence-corrected chi connectivity index (χ2v) is 8.76. The van der Waals surface area contributed by atoms with Gasteiger partial charge in [0.2, 0.25) is 0 Å². The first-order chi connectivity index (χ1) is 13.9. The maximum Gasteiger partial charge on any atom is 0.324 e. The minimum absolute atomic E-state index is 0.0616. The number of hydrogen-bond acceptors (Lipinski definition) is 3. The lowest BCUT2D eigenvalue weighted by Gasteiger charge is -2.60. The number of aliphatic hydroxyl groups is 1. The van der Waals surface area contributed by atoms with Crippen molar-refractivity contribution in [2.75, 3.05) is 44.2 Å².